The highest BCUT2D eigenvalue weighted by Crippen LogP contribution is 2.30. The second-order valence-electron chi connectivity index (χ2n) is 6.92. The van der Waals surface area contributed by atoms with Crippen LogP contribution < -0.4 is 20.7 Å². The lowest BCUT2D eigenvalue weighted by Gasteiger charge is -2.11. The molecule has 3 aromatic rings. The summed E-state index contributed by atoms with van der Waals surface area (Å²) in [6.07, 6.45) is -3.24. The van der Waals surface area contributed by atoms with Gasteiger partial charge in [0.1, 0.15) is 12.4 Å². The normalized spacial score (nSPS) is 11.7. The van der Waals surface area contributed by atoms with Gasteiger partial charge in [-0.05, 0) is 48.5 Å². The van der Waals surface area contributed by atoms with E-state index in [9.17, 15) is 31.2 Å². The van der Waals surface area contributed by atoms with Gasteiger partial charge in [-0.25, -0.2) is 13.6 Å². The first kappa shape index (κ1) is 24.7. The standard InChI is InChI=1S/C20H18F3N5O5S/c1-28-17(11-33-14-6-4-13(5-7-14)20(21,22)23)16(10-25-28)19(30)27-26-18(29)12-2-8-15(9-3-12)34(24,31)32/h2-10H,11H2,1H3,(H,26,29)(H,27,30)(H2,24,31,32). The quantitative estimate of drug-likeness (QED) is 0.443. The molecule has 0 fully saturated rings. The SMILES string of the molecule is Cn1ncc(C(=O)NNC(=O)c2ccc(S(N)(=O)=O)cc2)c1COc1ccc(C(F)(F)F)cc1. The fraction of sp³-hybridized carbons (Fsp3) is 0.150. The molecule has 180 valence electrons. The van der Waals surface area contributed by atoms with Crippen LogP contribution in [0.3, 0.4) is 0 Å². The number of aryl methyl sites for hydroxylation is 1. The Balaban J connectivity index is 1.62. The number of aromatic nitrogens is 2. The summed E-state index contributed by atoms with van der Waals surface area (Å²) in [5.41, 5.74) is 3.97. The van der Waals surface area contributed by atoms with Gasteiger partial charge in [0.25, 0.3) is 11.8 Å². The molecule has 0 unspecified atom stereocenters. The maximum atomic E-state index is 12.7. The number of rotatable bonds is 6. The monoisotopic (exact) mass is 497 g/mol. The molecule has 0 spiro atoms. The minimum absolute atomic E-state index is 0.0549. The molecule has 0 bridgehead atoms. The van der Waals surface area contributed by atoms with E-state index in [2.05, 4.69) is 16.0 Å². The zero-order valence-corrected chi connectivity index (χ0v) is 18.3. The molecule has 0 radical (unpaired) electrons. The van der Waals surface area contributed by atoms with Crippen LogP contribution in [-0.2, 0) is 29.9 Å². The minimum Gasteiger partial charge on any atom is -0.487 e. The van der Waals surface area contributed by atoms with Crippen LogP contribution in [-0.4, -0.2) is 30.0 Å². The van der Waals surface area contributed by atoms with Crippen molar-refractivity contribution >= 4 is 21.8 Å². The number of hydrazine groups is 1. The third-order valence-corrected chi connectivity index (χ3v) is 5.53. The van der Waals surface area contributed by atoms with Gasteiger partial charge >= 0.3 is 6.18 Å². The number of alkyl halides is 3. The first-order chi connectivity index (χ1) is 15.9. The van der Waals surface area contributed by atoms with Crippen LogP contribution >= 0.6 is 0 Å². The first-order valence-corrected chi connectivity index (χ1v) is 11.0. The molecule has 0 aliphatic rings. The molecule has 0 aliphatic carbocycles. The molecule has 1 heterocycles. The zero-order chi connectivity index (χ0) is 25.1. The van der Waals surface area contributed by atoms with Crippen molar-refractivity contribution in [1.82, 2.24) is 20.6 Å². The number of primary sulfonamides is 1. The fourth-order valence-corrected chi connectivity index (χ4v) is 3.28. The third kappa shape index (κ3) is 5.90. The van der Waals surface area contributed by atoms with E-state index in [1.165, 1.54) is 30.1 Å². The van der Waals surface area contributed by atoms with Crippen molar-refractivity contribution in [3.05, 3.63) is 77.1 Å². The summed E-state index contributed by atoms with van der Waals surface area (Å²) in [4.78, 5) is 24.5. The number of ether oxygens (including phenoxy) is 1. The molecule has 2 amide bonds. The largest absolute Gasteiger partial charge is 0.487 e. The Labute approximate surface area is 191 Å². The van der Waals surface area contributed by atoms with Crippen LogP contribution in [0, 0.1) is 0 Å². The molecule has 0 aliphatic heterocycles. The maximum Gasteiger partial charge on any atom is 0.416 e. The number of carbonyl (C=O) groups excluding carboxylic acids is 2. The molecular weight excluding hydrogens is 479 g/mol. The molecular formula is C20H18F3N5O5S. The number of nitrogens with zero attached hydrogens (tertiary/aromatic N) is 2. The summed E-state index contributed by atoms with van der Waals surface area (Å²) in [7, 11) is -2.38. The number of halogens is 3. The van der Waals surface area contributed by atoms with Crippen molar-refractivity contribution in [2.45, 2.75) is 17.7 Å². The Morgan fingerprint density at radius 1 is 1.03 bits per heavy atom. The Kier molecular flexibility index (Phi) is 6.93. The number of carbonyl (C=O) groups is 2. The van der Waals surface area contributed by atoms with Gasteiger partial charge < -0.3 is 4.74 Å². The number of hydrogen-bond donors (Lipinski definition) is 3. The molecule has 4 N–H and O–H groups in total. The van der Waals surface area contributed by atoms with E-state index in [1.54, 1.807) is 0 Å². The van der Waals surface area contributed by atoms with E-state index in [0.29, 0.717) is 5.69 Å². The smallest absolute Gasteiger partial charge is 0.416 e. The van der Waals surface area contributed by atoms with E-state index < -0.39 is 33.6 Å². The summed E-state index contributed by atoms with van der Waals surface area (Å²) in [6, 6.07) is 8.77. The lowest BCUT2D eigenvalue weighted by molar-refractivity contribution is -0.137. The lowest BCUT2D eigenvalue weighted by atomic mass is 10.2. The van der Waals surface area contributed by atoms with Crippen LogP contribution in [0.25, 0.3) is 0 Å². The van der Waals surface area contributed by atoms with Gasteiger partial charge in [0, 0.05) is 12.6 Å². The highest BCUT2D eigenvalue weighted by molar-refractivity contribution is 7.89. The lowest BCUT2D eigenvalue weighted by Crippen LogP contribution is -2.42. The summed E-state index contributed by atoms with van der Waals surface area (Å²) in [5.74, 6) is -1.30. The van der Waals surface area contributed by atoms with Gasteiger partial charge in [-0.2, -0.15) is 18.3 Å². The van der Waals surface area contributed by atoms with Crippen molar-refractivity contribution in [3.63, 3.8) is 0 Å². The van der Waals surface area contributed by atoms with Crippen LogP contribution in [0.2, 0.25) is 0 Å². The van der Waals surface area contributed by atoms with Crippen LogP contribution in [0.4, 0.5) is 13.2 Å². The van der Waals surface area contributed by atoms with Gasteiger partial charge in [-0.3, -0.25) is 25.1 Å². The average Bonchev–Trinajstić information content (AvgIpc) is 3.15. The van der Waals surface area contributed by atoms with Gasteiger partial charge in [0.2, 0.25) is 10.0 Å². The number of hydrogen-bond acceptors (Lipinski definition) is 6. The highest BCUT2D eigenvalue weighted by atomic mass is 32.2. The van der Waals surface area contributed by atoms with Crippen molar-refractivity contribution in [2.75, 3.05) is 0 Å². The molecule has 14 heteroatoms. The summed E-state index contributed by atoms with van der Waals surface area (Å²) in [6.45, 7) is -0.187. The van der Waals surface area contributed by atoms with Crippen LogP contribution in [0.15, 0.2) is 59.6 Å². The van der Waals surface area contributed by atoms with Crippen LogP contribution in [0.5, 0.6) is 5.75 Å². The average molecular weight is 497 g/mol. The fourth-order valence-electron chi connectivity index (χ4n) is 2.76. The predicted molar refractivity (Wildman–Crippen MR) is 112 cm³/mol. The summed E-state index contributed by atoms with van der Waals surface area (Å²) < 4.78 is 67.4. The number of benzene rings is 2. The second kappa shape index (κ2) is 9.52. The molecule has 34 heavy (non-hydrogen) atoms. The van der Waals surface area contributed by atoms with E-state index >= 15 is 0 Å². The summed E-state index contributed by atoms with van der Waals surface area (Å²) >= 11 is 0. The van der Waals surface area contributed by atoms with Gasteiger partial charge in [0.15, 0.2) is 0 Å². The van der Waals surface area contributed by atoms with E-state index in [1.807, 2.05) is 0 Å². The van der Waals surface area contributed by atoms with E-state index in [0.717, 1.165) is 36.4 Å². The molecule has 1 aromatic heterocycles. The predicted octanol–water partition coefficient (Wildman–Crippen LogP) is 1.74. The van der Waals surface area contributed by atoms with E-state index in [4.69, 9.17) is 9.88 Å². The molecule has 0 saturated carbocycles. The number of sulfonamides is 1. The Hall–Kier alpha value is -3.91. The van der Waals surface area contributed by atoms with E-state index in [-0.39, 0.29) is 28.4 Å². The minimum atomic E-state index is -4.47. The topological polar surface area (TPSA) is 145 Å². The van der Waals surface area contributed by atoms with Gasteiger partial charge in [-0.1, -0.05) is 0 Å². The number of nitrogens with two attached hydrogens (primary N) is 1. The highest BCUT2D eigenvalue weighted by Gasteiger charge is 2.30. The Morgan fingerprint density at radius 3 is 2.18 bits per heavy atom. The van der Waals surface area contributed by atoms with Crippen molar-refractivity contribution in [1.29, 1.82) is 0 Å². The van der Waals surface area contributed by atoms with Gasteiger partial charge in [-0.15, -0.1) is 0 Å². The molecule has 3 rings (SSSR count). The molecule has 10 nitrogen and oxygen atoms in total. The molecule has 2 aromatic carbocycles. The summed E-state index contributed by atoms with van der Waals surface area (Å²) in [5, 5.41) is 8.96. The van der Waals surface area contributed by atoms with Crippen LogP contribution in [0.1, 0.15) is 32.0 Å². The third-order valence-electron chi connectivity index (χ3n) is 4.60. The Bertz CT molecular complexity index is 1300. The van der Waals surface area contributed by atoms with Gasteiger partial charge in [0.05, 0.1) is 27.9 Å². The number of amides is 2. The second-order valence-corrected chi connectivity index (χ2v) is 8.48. The maximum absolute atomic E-state index is 12.7. The van der Waals surface area contributed by atoms with Crippen molar-refractivity contribution in [3.8, 4) is 5.75 Å². The molecule has 0 atom stereocenters. The van der Waals surface area contributed by atoms with Crippen molar-refractivity contribution in [2.24, 2.45) is 12.2 Å². The first-order valence-electron chi connectivity index (χ1n) is 9.41. The van der Waals surface area contributed by atoms with Crippen molar-refractivity contribution < 1.29 is 35.9 Å². The molecule has 0 saturated heterocycles. The Morgan fingerprint density at radius 2 is 1.62 bits per heavy atom. The number of nitrogens with one attached hydrogen (secondary N) is 2. The zero-order valence-electron chi connectivity index (χ0n) is 17.5.